The minimum atomic E-state index is -2.84. The van der Waals surface area contributed by atoms with E-state index >= 15 is 0 Å². The van der Waals surface area contributed by atoms with Crippen LogP contribution in [0.3, 0.4) is 0 Å². The first-order chi connectivity index (χ1) is 8.42. The van der Waals surface area contributed by atoms with Crippen molar-refractivity contribution < 1.29 is 8.78 Å². The summed E-state index contributed by atoms with van der Waals surface area (Å²) < 4.78 is 28.0. The zero-order chi connectivity index (χ0) is 13.4. The maximum Gasteiger partial charge on any atom is 0.275 e. The summed E-state index contributed by atoms with van der Waals surface area (Å²) in [6, 6.07) is 8.69. The minimum Gasteiger partial charge on any atom is -0.201 e. The van der Waals surface area contributed by atoms with Crippen LogP contribution in [0.15, 0.2) is 24.3 Å². The Morgan fingerprint density at radius 3 is 2.44 bits per heavy atom. The van der Waals surface area contributed by atoms with Gasteiger partial charge in [0.2, 0.25) is 0 Å². The molecule has 2 rings (SSSR count). The second kappa shape index (κ2) is 4.35. The summed E-state index contributed by atoms with van der Waals surface area (Å²) in [6.07, 6.45) is 2.55. The van der Waals surface area contributed by atoms with Gasteiger partial charge in [0.15, 0.2) is 0 Å². The lowest BCUT2D eigenvalue weighted by Gasteiger charge is -2.36. The Hall–Kier alpha value is -1.43. The number of benzene rings is 1. The zero-order valence-corrected chi connectivity index (χ0v) is 10.7. The van der Waals surface area contributed by atoms with E-state index in [2.05, 4.69) is 6.07 Å². The van der Waals surface area contributed by atoms with Gasteiger partial charge in [0, 0.05) is 11.5 Å². The Labute approximate surface area is 106 Å². The van der Waals surface area contributed by atoms with Crippen molar-refractivity contribution in [1.29, 1.82) is 5.26 Å². The third-order valence-corrected chi connectivity index (χ3v) is 3.95. The predicted molar refractivity (Wildman–Crippen MR) is 66.3 cm³/mol. The fourth-order valence-corrected chi connectivity index (χ4v) is 2.35. The molecule has 3 heteroatoms. The maximum atomic E-state index is 14.0. The average Bonchev–Trinajstić information content (AvgIpc) is 2.28. The molecule has 0 amide bonds. The number of alkyl halides is 2. The Bertz CT molecular complexity index is 482. The molecular weight excluding hydrogens is 232 g/mol. The van der Waals surface area contributed by atoms with E-state index in [0.717, 1.165) is 24.8 Å². The van der Waals surface area contributed by atoms with Crippen molar-refractivity contribution in [3.63, 3.8) is 0 Å². The number of rotatable bonds is 3. The van der Waals surface area contributed by atoms with E-state index in [9.17, 15) is 14.0 Å². The Kier molecular flexibility index (Phi) is 3.14. The van der Waals surface area contributed by atoms with E-state index < -0.39 is 17.3 Å². The monoisotopic (exact) mass is 249 g/mol. The summed E-state index contributed by atoms with van der Waals surface area (Å²) >= 11 is 0. The first kappa shape index (κ1) is 13.0. The van der Waals surface area contributed by atoms with Crippen LogP contribution < -0.4 is 0 Å². The second-order valence-electron chi connectivity index (χ2n) is 5.41. The van der Waals surface area contributed by atoms with Crippen molar-refractivity contribution in [1.82, 2.24) is 0 Å². The van der Waals surface area contributed by atoms with Crippen molar-refractivity contribution >= 4 is 0 Å². The summed E-state index contributed by atoms with van der Waals surface area (Å²) in [5.74, 6) is -3.58. The van der Waals surface area contributed by atoms with Crippen LogP contribution >= 0.6 is 0 Å². The van der Waals surface area contributed by atoms with E-state index in [4.69, 9.17) is 0 Å². The molecule has 0 unspecified atom stereocenters. The van der Waals surface area contributed by atoms with Crippen molar-refractivity contribution in [3.05, 3.63) is 35.4 Å². The molecule has 0 radical (unpaired) electrons. The molecule has 0 bridgehead atoms. The lowest BCUT2D eigenvalue weighted by atomic mass is 9.65. The van der Waals surface area contributed by atoms with Gasteiger partial charge in [-0.3, -0.25) is 0 Å². The van der Waals surface area contributed by atoms with Gasteiger partial charge in [-0.1, -0.05) is 32.0 Å². The van der Waals surface area contributed by atoms with Gasteiger partial charge in [0.25, 0.3) is 5.92 Å². The quantitative estimate of drug-likeness (QED) is 0.779. The van der Waals surface area contributed by atoms with Crippen LogP contribution in [0.5, 0.6) is 0 Å². The van der Waals surface area contributed by atoms with E-state index in [0.29, 0.717) is 0 Å². The molecule has 0 spiro atoms. The van der Waals surface area contributed by atoms with E-state index in [-0.39, 0.29) is 5.56 Å². The van der Waals surface area contributed by atoms with Crippen LogP contribution in [0.2, 0.25) is 0 Å². The van der Waals surface area contributed by atoms with Gasteiger partial charge >= 0.3 is 0 Å². The van der Waals surface area contributed by atoms with Crippen molar-refractivity contribution in [2.45, 2.75) is 44.4 Å². The van der Waals surface area contributed by atoms with Gasteiger partial charge in [-0.15, -0.1) is 0 Å². The van der Waals surface area contributed by atoms with Gasteiger partial charge in [0.05, 0.1) is 11.5 Å². The third-order valence-electron chi connectivity index (χ3n) is 3.95. The number of hydrogen-bond acceptors (Lipinski definition) is 1. The van der Waals surface area contributed by atoms with Crippen LogP contribution in [0.4, 0.5) is 8.78 Å². The van der Waals surface area contributed by atoms with E-state index in [1.54, 1.807) is 12.1 Å². The molecule has 1 aromatic rings. The highest BCUT2D eigenvalue weighted by Gasteiger charge is 2.41. The summed E-state index contributed by atoms with van der Waals surface area (Å²) in [5.41, 5.74) is 0.244. The van der Waals surface area contributed by atoms with Crippen molar-refractivity contribution in [2.24, 2.45) is 5.92 Å². The van der Waals surface area contributed by atoms with Crippen molar-refractivity contribution in [3.8, 4) is 6.07 Å². The molecule has 1 aliphatic carbocycles. The highest BCUT2D eigenvalue weighted by atomic mass is 19.3. The van der Waals surface area contributed by atoms with Gasteiger partial charge < -0.3 is 0 Å². The van der Waals surface area contributed by atoms with Crippen LogP contribution in [0.25, 0.3) is 0 Å². The molecule has 1 aromatic carbocycles. The molecule has 0 atom stereocenters. The normalized spacial score (nSPS) is 18.2. The largest absolute Gasteiger partial charge is 0.275 e. The molecular formula is C15H17F2N. The highest BCUT2D eigenvalue weighted by molar-refractivity contribution is 5.39. The van der Waals surface area contributed by atoms with Crippen LogP contribution in [-0.2, 0) is 11.3 Å². The molecule has 0 saturated heterocycles. The number of nitrogens with zero attached hydrogens (tertiary/aromatic N) is 1. The Balaban J connectivity index is 2.40. The van der Waals surface area contributed by atoms with Gasteiger partial charge in [0.1, 0.15) is 0 Å². The Morgan fingerprint density at radius 2 is 2.00 bits per heavy atom. The van der Waals surface area contributed by atoms with E-state index in [1.165, 1.54) is 26.0 Å². The molecule has 1 saturated carbocycles. The third kappa shape index (κ3) is 1.90. The molecule has 0 N–H and O–H groups in total. The summed E-state index contributed by atoms with van der Waals surface area (Å²) in [5, 5.41) is 9.26. The smallest absolute Gasteiger partial charge is 0.201 e. The fourth-order valence-electron chi connectivity index (χ4n) is 2.35. The van der Waals surface area contributed by atoms with Gasteiger partial charge in [-0.25, -0.2) is 8.78 Å². The van der Waals surface area contributed by atoms with Crippen molar-refractivity contribution in [2.75, 3.05) is 0 Å². The molecule has 1 aliphatic rings. The predicted octanol–water partition coefficient (Wildman–Crippen LogP) is 4.38. The van der Waals surface area contributed by atoms with E-state index in [1.807, 2.05) is 0 Å². The number of hydrogen-bond donors (Lipinski definition) is 0. The number of halogens is 2. The standard InChI is InChI=1S/C15H17F2N/c1-11(2)15(16,17)13-6-3-5-12(9-13)14(10-18)7-4-8-14/h3,5-6,9,11H,4,7-8H2,1-2H3. The topological polar surface area (TPSA) is 23.8 Å². The fraction of sp³-hybridized carbons (Fsp3) is 0.533. The molecule has 1 nitrogen and oxygen atoms in total. The zero-order valence-electron chi connectivity index (χ0n) is 10.7. The summed E-state index contributed by atoms with van der Waals surface area (Å²) in [7, 11) is 0. The highest BCUT2D eigenvalue weighted by Crippen LogP contribution is 2.45. The SMILES string of the molecule is CC(C)C(F)(F)c1cccc(C2(C#N)CCC2)c1. The molecule has 18 heavy (non-hydrogen) atoms. The minimum absolute atomic E-state index is 0.0246. The second-order valence-corrected chi connectivity index (χ2v) is 5.41. The molecule has 1 fully saturated rings. The van der Waals surface area contributed by atoms with Crippen LogP contribution in [0, 0.1) is 17.2 Å². The molecule has 0 aliphatic heterocycles. The van der Waals surface area contributed by atoms with Gasteiger partial charge in [-0.2, -0.15) is 5.26 Å². The maximum absolute atomic E-state index is 14.0. The summed E-state index contributed by atoms with van der Waals surface area (Å²) in [6.45, 7) is 3.02. The molecule has 0 aromatic heterocycles. The lowest BCUT2D eigenvalue weighted by molar-refractivity contribution is -0.0515. The van der Waals surface area contributed by atoms with Crippen LogP contribution in [0.1, 0.15) is 44.2 Å². The summed E-state index contributed by atoms with van der Waals surface area (Å²) in [4.78, 5) is 0. The lowest BCUT2D eigenvalue weighted by Crippen LogP contribution is -2.33. The number of nitriles is 1. The first-order valence-corrected chi connectivity index (χ1v) is 6.32. The van der Waals surface area contributed by atoms with Gasteiger partial charge in [-0.05, 0) is 30.9 Å². The van der Waals surface area contributed by atoms with Crippen LogP contribution in [-0.4, -0.2) is 0 Å². The molecule has 96 valence electrons. The first-order valence-electron chi connectivity index (χ1n) is 6.32. The average molecular weight is 249 g/mol. The Morgan fingerprint density at radius 1 is 1.33 bits per heavy atom. The molecule has 0 heterocycles.